The van der Waals surface area contributed by atoms with Crippen LogP contribution in [0.1, 0.15) is 55.7 Å². The Balaban J connectivity index is 1.93. The first kappa shape index (κ1) is 20.3. The van der Waals surface area contributed by atoms with E-state index in [2.05, 4.69) is 29.1 Å². The molecule has 144 valence electrons. The van der Waals surface area contributed by atoms with Gasteiger partial charge in [0.2, 0.25) is 5.91 Å². The van der Waals surface area contributed by atoms with Crippen LogP contribution >= 0.6 is 0 Å². The Morgan fingerprint density at radius 1 is 1.35 bits per heavy atom. The summed E-state index contributed by atoms with van der Waals surface area (Å²) in [6.45, 7) is 8.29. The van der Waals surface area contributed by atoms with Gasteiger partial charge in [-0.25, -0.2) is 4.98 Å². The first-order valence-electron chi connectivity index (χ1n) is 9.42. The van der Waals surface area contributed by atoms with E-state index >= 15 is 0 Å². The predicted octanol–water partition coefficient (Wildman–Crippen LogP) is 1.96. The van der Waals surface area contributed by atoms with Crippen molar-refractivity contribution in [3.05, 3.63) is 23.8 Å². The fourth-order valence-corrected chi connectivity index (χ4v) is 2.80. The van der Waals surface area contributed by atoms with Gasteiger partial charge in [-0.15, -0.1) is 0 Å². The molecule has 0 radical (unpaired) electrons. The van der Waals surface area contributed by atoms with Crippen LogP contribution in [0.3, 0.4) is 0 Å². The van der Waals surface area contributed by atoms with Crippen LogP contribution in [0.25, 0.3) is 0 Å². The highest BCUT2D eigenvalue weighted by Gasteiger charge is 2.24. The molecule has 1 N–H and O–H groups in total. The minimum absolute atomic E-state index is 0.0290. The van der Waals surface area contributed by atoms with Gasteiger partial charge >= 0.3 is 0 Å². The van der Waals surface area contributed by atoms with Crippen LogP contribution in [-0.2, 0) is 9.53 Å². The number of rotatable bonds is 9. The minimum atomic E-state index is -0.206. The number of hydrogen-bond acceptors (Lipinski definition) is 5. The van der Waals surface area contributed by atoms with Crippen molar-refractivity contribution in [1.82, 2.24) is 20.2 Å². The molecule has 2 rings (SSSR count). The monoisotopic (exact) mass is 362 g/mol. The van der Waals surface area contributed by atoms with Gasteiger partial charge in [0.15, 0.2) is 0 Å². The molecular formula is C19H30N4O3. The van der Waals surface area contributed by atoms with Crippen LogP contribution in [0, 0.1) is 12.8 Å². The standard InChI is InChI=1S/C19H30N4O3/c1-14(2)6-8-20-18(24)7-9-23(13-16-5-4-10-26-16)19(25)17-12-21-15(3)11-22-17/h11-12,14,16H,4-10,13H2,1-3H3,(H,20,24)/t16-/m0/s1. The van der Waals surface area contributed by atoms with E-state index in [4.69, 9.17) is 4.74 Å². The molecule has 7 nitrogen and oxygen atoms in total. The summed E-state index contributed by atoms with van der Waals surface area (Å²) in [6, 6.07) is 0. The quantitative estimate of drug-likeness (QED) is 0.726. The van der Waals surface area contributed by atoms with E-state index in [9.17, 15) is 9.59 Å². The second-order valence-electron chi connectivity index (χ2n) is 7.21. The maximum absolute atomic E-state index is 12.8. The van der Waals surface area contributed by atoms with Gasteiger partial charge < -0.3 is 15.0 Å². The van der Waals surface area contributed by atoms with Crippen molar-refractivity contribution in [1.29, 1.82) is 0 Å². The Kier molecular flexibility index (Phi) is 7.97. The number of nitrogens with zero attached hydrogens (tertiary/aromatic N) is 3. The van der Waals surface area contributed by atoms with Gasteiger partial charge in [0.25, 0.3) is 5.91 Å². The summed E-state index contributed by atoms with van der Waals surface area (Å²) >= 11 is 0. The number of amides is 2. The molecule has 1 atom stereocenters. The van der Waals surface area contributed by atoms with Crippen molar-refractivity contribution < 1.29 is 14.3 Å². The summed E-state index contributed by atoms with van der Waals surface area (Å²) in [5.41, 5.74) is 1.06. The highest BCUT2D eigenvalue weighted by Crippen LogP contribution is 2.15. The molecule has 1 fully saturated rings. The molecule has 0 aliphatic carbocycles. The Bertz CT molecular complexity index is 583. The number of ether oxygens (including phenoxy) is 1. The second-order valence-corrected chi connectivity index (χ2v) is 7.21. The van der Waals surface area contributed by atoms with Crippen molar-refractivity contribution in [2.24, 2.45) is 5.92 Å². The normalized spacial score (nSPS) is 16.7. The van der Waals surface area contributed by atoms with Crippen LogP contribution in [0.15, 0.2) is 12.4 Å². The van der Waals surface area contributed by atoms with E-state index in [-0.39, 0.29) is 24.3 Å². The third-order valence-corrected chi connectivity index (χ3v) is 4.39. The van der Waals surface area contributed by atoms with Gasteiger partial charge in [-0.1, -0.05) is 13.8 Å². The molecule has 0 spiro atoms. The predicted molar refractivity (Wildman–Crippen MR) is 98.7 cm³/mol. The van der Waals surface area contributed by atoms with E-state index < -0.39 is 0 Å². The van der Waals surface area contributed by atoms with E-state index in [1.54, 1.807) is 11.1 Å². The molecule has 26 heavy (non-hydrogen) atoms. The minimum Gasteiger partial charge on any atom is -0.376 e. The summed E-state index contributed by atoms with van der Waals surface area (Å²) in [7, 11) is 0. The van der Waals surface area contributed by atoms with Gasteiger partial charge in [-0.2, -0.15) is 0 Å². The summed E-state index contributed by atoms with van der Waals surface area (Å²) in [5, 5.41) is 2.91. The molecule has 0 saturated carbocycles. The molecule has 1 saturated heterocycles. The van der Waals surface area contributed by atoms with Crippen molar-refractivity contribution >= 4 is 11.8 Å². The number of carbonyl (C=O) groups is 2. The molecule has 1 aromatic rings. The largest absolute Gasteiger partial charge is 0.376 e. The molecule has 0 bridgehead atoms. The highest BCUT2D eigenvalue weighted by molar-refractivity contribution is 5.92. The molecule has 0 aromatic carbocycles. The van der Waals surface area contributed by atoms with Gasteiger partial charge in [-0.3, -0.25) is 14.6 Å². The van der Waals surface area contributed by atoms with Crippen LogP contribution in [0.5, 0.6) is 0 Å². The molecule has 1 aromatic heterocycles. The summed E-state index contributed by atoms with van der Waals surface area (Å²) in [5.74, 6) is 0.307. The zero-order valence-corrected chi connectivity index (χ0v) is 16.0. The maximum atomic E-state index is 12.8. The summed E-state index contributed by atoms with van der Waals surface area (Å²) in [6.07, 6.45) is 6.26. The zero-order chi connectivity index (χ0) is 18.9. The molecule has 1 aliphatic rings. The third kappa shape index (κ3) is 6.71. The number of aryl methyl sites for hydroxylation is 1. The number of aromatic nitrogens is 2. The lowest BCUT2D eigenvalue weighted by Crippen LogP contribution is -2.40. The lowest BCUT2D eigenvalue weighted by atomic mass is 10.1. The van der Waals surface area contributed by atoms with Crippen molar-refractivity contribution in [2.75, 3.05) is 26.2 Å². The Morgan fingerprint density at radius 3 is 2.77 bits per heavy atom. The van der Waals surface area contributed by atoms with Crippen molar-refractivity contribution in [3.8, 4) is 0 Å². The van der Waals surface area contributed by atoms with Crippen molar-refractivity contribution in [2.45, 2.75) is 52.6 Å². The summed E-state index contributed by atoms with van der Waals surface area (Å²) in [4.78, 5) is 34.8. The van der Waals surface area contributed by atoms with Gasteiger partial charge in [0.05, 0.1) is 18.0 Å². The van der Waals surface area contributed by atoms with Gasteiger partial charge in [0, 0.05) is 38.9 Å². The number of hydrogen-bond donors (Lipinski definition) is 1. The average molecular weight is 362 g/mol. The van der Waals surface area contributed by atoms with Crippen LogP contribution in [0.4, 0.5) is 0 Å². The smallest absolute Gasteiger partial charge is 0.274 e. The van der Waals surface area contributed by atoms with Gasteiger partial charge in [0.1, 0.15) is 5.69 Å². The molecular weight excluding hydrogens is 332 g/mol. The molecule has 1 aliphatic heterocycles. The Hall–Kier alpha value is -2.02. The van der Waals surface area contributed by atoms with E-state index in [1.807, 2.05) is 6.92 Å². The lowest BCUT2D eigenvalue weighted by Gasteiger charge is -2.25. The van der Waals surface area contributed by atoms with Crippen LogP contribution in [-0.4, -0.2) is 59.0 Å². The van der Waals surface area contributed by atoms with Gasteiger partial charge in [-0.05, 0) is 32.1 Å². The van der Waals surface area contributed by atoms with E-state index in [1.165, 1.54) is 6.20 Å². The maximum Gasteiger partial charge on any atom is 0.274 e. The topological polar surface area (TPSA) is 84.4 Å². The van der Waals surface area contributed by atoms with E-state index in [0.29, 0.717) is 31.2 Å². The third-order valence-electron chi connectivity index (χ3n) is 4.39. The fourth-order valence-electron chi connectivity index (χ4n) is 2.80. The molecule has 7 heteroatoms. The molecule has 2 heterocycles. The number of nitrogens with one attached hydrogen (secondary N) is 1. The summed E-state index contributed by atoms with van der Waals surface area (Å²) < 4.78 is 5.66. The average Bonchev–Trinajstić information content (AvgIpc) is 3.11. The SMILES string of the molecule is Cc1cnc(C(=O)N(CCC(=O)NCCC(C)C)C[C@@H]2CCCO2)cn1. The molecule has 2 amide bonds. The Morgan fingerprint density at radius 2 is 2.15 bits per heavy atom. The lowest BCUT2D eigenvalue weighted by molar-refractivity contribution is -0.121. The fraction of sp³-hybridized carbons (Fsp3) is 0.684. The number of carbonyl (C=O) groups excluding carboxylic acids is 2. The Labute approximate surface area is 155 Å². The second kappa shape index (κ2) is 10.2. The zero-order valence-electron chi connectivity index (χ0n) is 16.0. The van der Waals surface area contributed by atoms with Crippen LogP contribution in [0.2, 0.25) is 0 Å². The van der Waals surface area contributed by atoms with Crippen LogP contribution < -0.4 is 5.32 Å². The first-order chi connectivity index (χ1) is 12.5. The highest BCUT2D eigenvalue weighted by atomic mass is 16.5. The van der Waals surface area contributed by atoms with E-state index in [0.717, 1.165) is 31.6 Å². The molecule has 0 unspecified atom stereocenters. The van der Waals surface area contributed by atoms with Crippen molar-refractivity contribution in [3.63, 3.8) is 0 Å². The first-order valence-corrected chi connectivity index (χ1v) is 9.42.